The Balaban J connectivity index is 1.19. The number of aromatic nitrogens is 1. The first kappa shape index (κ1) is 17.4. The molecule has 5 rings (SSSR count). The van der Waals surface area contributed by atoms with Gasteiger partial charge < -0.3 is 9.64 Å². The van der Waals surface area contributed by atoms with Crippen LogP contribution in [0.1, 0.15) is 48.1 Å². The fraction of sp³-hybridized carbons (Fsp3) is 0.435. The highest BCUT2D eigenvalue weighted by molar-refractivity contribution is 7.17. The highest BCUT2D eigenvalue weighted by Gasteiger charge is 2.25. The van der Waals surface area contributed by atoms with Gasteiger partial charge in [0.1, 0.15) is 0 Å². The topological polar surface area (TPSA) is 25.4 Å². The summed E-state index contributed by atoms with van der Waals surface area (Å²) in [6.07, 6.45) is 6.83. The Bertz CT molecular complexity index is 913. The molecular weight excluding hydrogens is 352 g/mol. The molecule has 0 radical (unpaired) electrons. The molecule has 0 amide bonds. The number of thiophene rings is 1. The third-order valence-corrected chi connectivity index (χ3v) is 7.07. The summed E-state index contributed by atoms with van der Waals surface area (Å²) in [5.74, 6) is 0.603. The lowest BCUT2D eigenvalue weighted by Gasteiger charge is -2.34. The van der Waals surface area contributed by atoms with Crippen LogP contribution < -0.4 is 0 Å². The Labute approximate surface area is 165 Å². The molecule has 2 aliphatic rings. The molecule has 4 heteroatoms. The Kier molecular flexibility index (Phi) is 4.95. The fourth-order valence-electron chi connectivity index (χ4n) is 4.69. The van der Waals surface area contributed by atoms with Gasteiger partial charge >= 0.3 is 0 Å². The van der Waals surface area contributed by atoms with Gasteiger partial charge in [0.25, 0.3) is 0 Å². The van der Waals surface area contributed by atoms with Crippen molar-refractivity contribution >= 4 is 21.4 Å². The number of hydrogen-bond donors (Lipinski definition) is 0. The molecule has 140 valence electrons. The molecule has 27 heavy (non-hydrogen) atoms. The predicted molar refractivity (Wildman–Crippen MR) is 111 cm³/mol. The normalized spacial score (nSPS) is 21.4. The van der Waals surface area contributed by atoms with Crippen LogP contribution in [0.5, 0.6) is 0 Å². The van der Waals surface area contributed by atoms with Crippen LogP contribution in [-0.4, -0.2) is 36.1 Å². The molecule has 3 nitrogen and oxygen atoms in total. The first-order valence-electron chi connectivity index (χ1n) is 10.1. The molecule has 1 atom stereocenters. The molecule has 3 aromatic rings. The Hall–Kier alpha value is -1.75. The number of ether oxygens (including phenoxy) is 1. The van der Waals surface area contributed by atoms with Crippen LogP contribution in [0.15, 0.2) is 48.0 Å². The van der Waals surface area contributed by atoms with Crippen molar-refractivity contribution in [1.82, 2.24) is 9.88 Å². The maximum absolute atomic E-state index is 6.09. The second-order valence-electron chi connectivity index (χ2n) is 7.74. The maximum Gasteiger partial charge on any atom is 0.0839 e. The number of piperidine rings is 1. The zero-order chi connectivity index (χ0) is 18.1. The van der Waals surface area contributed by atoms with E-state index in [2.05, 4.69) is 46.7 Å². The summed E-state index contributed by atoms with van der Waals surface area (Å²) in [6, 6.07) is 13.2. The van der Waals surface area contributed by atoms with Crippen LogP contribution in [0.4, 0.5) is 0 Å². The maximum atomic E-state index is 6.09. The summed E-state index contributed by atoms with van der Waals surface area (Å²) < 4.78 is 7.46. The van der Waals surface area contributed by atoms with Crippen LogP contribution in [0.3, 0.4) is 0 Å². The molecule has 1 fully saturated rings. The first-order chi connectivity index (χ1) is 13.4. The van der Waals surface area contributed by atoms with Crippen LogP contribution in [0, 0.1) is 0 Å². The van der Waals surface area contributed by atoms with E-state index in [0.29, 0.717) is 5.92 Å². The second kappa shape index (κ2) is 7.70. The highest BCUT2D eigenvalue weighted by Crippen LogP contribution is 2.34. The van der Waals surface area contributed by atoms with Crippen molar-refractivity contribution in [3.63, 3.8) is 0 Å². The van der Waals surface area contributed by atoms with Gasteiger partial charge in [0.05, 0.1) is 18.4 Å². The van der Waals surface area contributed by atoms with E-state index in [1.54, 1.807) is 0 Å². The molecule has 1 unspecified atom stereocenters. The minimum atomic E-state index is 0.272. The van der Waals surface area contributed by atoms with Crippen molar-refractivity contribution in [3.05, 3.63) is 64.8 Å². The van der Waals surface area contributed by atoms with E-state index in [1.807, 2.05) is 17.5 Å². The van der Waals surface area contributed by atoms with E-state index in [9.17, 15) is 0 Å². The summed E-state index contributed by atoms with van der Waals surface area (Å²) in [5, 5.41) is 3.56. The van der Waals surface area contributed by atoms with Gasteiger partial charge in [-0.2, -0.15) is 0 Å². The van der Waals surface area contributed by atoms with Crippen LogP contribution in [-0.2, 0) is 11.2 Å². The second-order valence-corrected chi connectivity index (χ2v) is 8.69. The van der Waals surface area contributed by atoms with Crippen molar-refractivity contribution in [3.8, 4) is 0 Å². The summed E-state index contributed by atoms with van der Waals surface area (Å²) in [6.45, 7) is 4.32. The number of likely N-dealkylation sites (tertiary alicyclic amines) is 1. The van der Waals surface area contributed by atoms with E-state index in [4.69, 9.17) is 9.72 Å². The average molecular weight is 379 g/mol. The Morgan fingerprint density at radius 3 is 2.93 bits per heavy atom. The number of fused-ring (bicyclic) bond motifs is 2. The third-order valence-electron chi connectivity index (χ3n) is 6.18. The standard InChI is InChI=1S/C23H26N2OS/c1-2-4-19-17(3-1)9-15-26-21(19)8-14-25-12-6-18(7-13-25)23-20-10-16-27-22(20)5-11-24-23/h1-5,10-11,16,18,21H,6-9,12-15H2. The first-order valence-corrected chi connectivity index (χ1v) is 11.0. The van der Waals surface area contributed by atoms with Crippen molar-refractivity contribution < 1.29 is 4.74 Å². The van der Waals surface area contributed by atoms with E-state index in [0.717, 1.165) is 26.0 Å². The Morgan fingerprint density at radius 2 is 2.00 bits per heavy atom. The van der Waals surface area contributed by atoms with Crippen molar-refractivity contribution in [2.24, 2.45) is 0 Å². The molecule has 0 saturated carbocycles. The number of hydrogen-bond acceptors (Lipinski definition) is 4. The molecule has 0 spiro atoms. The number of pyridine rings is 1. The number of benzene rings is 1. The molecule has 1 saturated heterocycles. The fourth-order valence-corrected chi connectivity index (χ4v) is 5.48. The predicted octanol–water partition coefficient (Wildman–Crippen LogP) is 5.18. The molecule has 0 aliphatic carbocycles. The van der Waals surface area contributed by atoms with Gasteiger partial charge in [-0.15, -0.1) is 11.3 Å². The summed E-state index contributed by atoms with van der Waals surface area (Å²) in [4.78, 5) is 7.36. The summed E-state index contributed by atoms with van der Waals surface area (Å²) >= 11 is 1.82. The quantitative estimate of drug-likeness (QED) is 0.625. The highest BCUT2D eigenvalue weighted by atomic mass is 32.1. The van der Waals surface area contributed by atoms with E-state index in [-0.39, 0.29) is 6.10 Å². The summed E-state index contributed by atoms with van der Waals surface area (Å²) in [7, 11) is 0. The molecule has 2 aliphatic heterocycles. The SMILES string of the molecule is c1ccc2c(c1)CCOC2CCN1CCC(c2nccc3sccc23)CC1. The molecule has 2 aromatic heterocycles. The van der Waals surface area contributed by atoms with Gasteiger partial charge in [0.2, 0.25) is 0 Å². The average Bonchev–Trinajstić information content (AvgIpc) is 3.22. The van der Waals surface area contributed by atoms with Gasteiger partial charge in [-0.3, -0.25) is 4.98 Å². The molecule has 0 bridgehead atoms. The lowest BCUT2D eigenvalue weighted by Crippen LogP contribution is -2.35. The zero-order valence-corrected chi connectivity index (χ0v) is 16.5. The smallest absolute Gasteiger partial charge is 0.0839 e. The molecular formula is C23H26N2OS. The van der Waals surface area contributed by atoms with Crippen molar-refractivity contribution in [2.45, 2.75) is 37.7 Å². The number of rotatable bonds is 4. The molecule has 1 aromatic carbocycles. The van der Waals surface area contributed by atoms with Gasteiger partial charge in [0.15, 0.2) is 0 Å². The molecule has 4 heterocycles. The van der Waals surface area contributed by atoms with E-state index >= 15 is 0 Å². The van der Waals surface area contributed by atoms with Crippen LogP contribution in [0.2, 0.25) is 0 Å². The lowest BCUT2D eigenvalue weighted by molar-refractivity contribution is 0.0275. The minimum absolute atomic E-state index is 0.272. The van der Waals surface area contributed by atoms with Gasteiger partial charge in [0, 0.05) is 28.7 Å². The van der Waals surface area contributed by atoms with Crippen molar-refractivity contribution in [2.75, 3.05) is 26.2 Å². The molecule has 0 N–H and O–H groups in total. The van der Waals surface area contributed by atoms with E-state index < -0.39 is 0 Å². The third kappa shape index (κ3) is 3.54. The van der Waals surface area contributed by atoms with Gasteiger partial charge in [-0.1, -0.05) is 24.3 Å². The van der Waals surface area contributed by atoms with Gasteiger partial charge in [-0.05, 0) is 67.4 Å². The number of nitrogens with zero attached hydrogens (tertiary/aromatic N) is 2. The van der Waals surface area contributed by atoms with Gasteiger partial charge in [-0.25, -0.2) is 0 Å². The zero-order valence-electron chi connectivity index (χ0n) is 15.6. The summed E-state index contributed by atoms with van der Waals surface area (Å²) in [5.41, 5.74) is 4.20. The Morgan fingerprint density at radius 1 is 1.11 bits per heavy atom. The minimum Gasteiger partial charge on any atom is -0.373 e. The largest absolute Gasteiger partial charge is 0.373 e. The van der Waals surface area contributed by atoms with Crippen molar-refractivity contribution in [1.29, 1.82) is 0 Å². The van der Waals surface area contributed by atoms with Crippen LogP contribution >= 0.6 is 11.3 Å². The lowest BCUT2D eigenvalue weighted by atomic mass is 9.91. The van der Waals surface area contributed by atoms with Crippen LogP contribution in [0.25, 0.3) is 10.1 Å². The monoisotopic (exact) mass is 378 g/mol. The van der Waals surface area contributed by atoms with E-state index in [1.165, 1.54) is 52.8 Å².